The van der Waals surface area contributed by atoms with E-state index in [0.717, 1.165) is 24.8 Å². The van der Waals surface area contributed by atoms with Crippen LogP contribution < -0.4 is 10.6 Å². The molecular formula is C18H27N3O5S. The summed E-state index contributed by atoms with van der Waals surface area (Å²) < 4.78 is 27.5. The second-order valence-electron chi connectivity index (χ2n) is 6.60. The van der Waals surface area contributed by atoms with E-state index < -0.39 is 21.8 Å². The first-order chi connectivity index (χ1) is 12.9. The Morgan fingerprint density at radius 3 is 2.37 bits per heavy atom. The zero-order valence-corrected chi connectivity index (χ0v) is 16.3. The maximum absolute atomic E-state index is 13.0. The number of carbonyl (C=O) groups excluding carboxylic acids is 2. The summed E-state index contributed by atoms with van der Waals surface area (Å²) in [6.07, 6.45) is 2.88. The topological polar surface area (TPSA) is 116 Å². The quantitative estimate of drug-likeness (QED) is 0.567. The van der Waals surface area contributed by atoms with Gasteiger partial charge >= 0.3 is 11.8 Å². The third kappa shape index (κ3) is 5.75. The van der Waals surface area contributed by atoms with Gasteiger partial charge in [-0.05, 0) is 38.3 Å². The second-order valence-corrected chi connectivity index (χ2v) is 8.49. The molecule has 1 aliphatic rings. The highest BCUT2D eigenvalue weighted by Crippen LogP contribution is 2.27. The van der Waals surface area contributed by atoms with Crippen LogP contribution in [0.15, 0.2) is 29.2 Å². The van der Waals surface area contributed by atoms with Gasteiger partial charge in [0.15, 0.2) is 0 Å². The Bertz CT molecular complexity index is 749. The molecule has 0 aliphatic carbocycles. The van der Waals surface area contributed by atoms with Gasteiger partial charge in [-0.2, -0.15) is 4.31 Å². The van der Waals surface area contributed by atoms with E-state index in [0.29, 0.717) is 13.0 Å². The van der Waals surface area contributed by atoms with Crippen LogP contribution in [0.4, 0.5) is 0 Å². The Balaban J connectivity index is 1.97. The zero-order valence-electron chi connectivity index (χ0n) is 15.5. The summed E-state index contributed by atoms with van der Waals surface area (Å²) in [7, 11) is -3.59. The smallest absolute Gasteiger partial charge is 0.309 e. The minimum absolute atomic E-state index is 0.0114. The van der Waals surface area contributed by atoms with Crippen molar-refractivity contribution < 1.29 is 23.1 Å². The molecule has 1 aliphatic heterocycles. The molecule has 27 heavy (non-hydrogen) atoms. The van der Waals surface area contributed by atoms with Crippen LogP contribution in [0.5, 0.6) is 0 Å². The van der Waals surface area contributed by atoms with Crippen LogP contribution in [0.2, 0.25) is 0 Å². The summed E-state index contributed by atoms with van der Waals surface area (Å²) in [5.74, 6) is -1.59. The molecule has 0 aromatic heterocycles. The van der Waals surface area contributed by atoms with Crippen molar-refractivity contribution in [2.24, 2.45) is 0 Å². The van der Waals surface area contributed by atoms with E-state index in [1.165, 1.54) is 4.31 Å². The lowest BCUT2D eigenvalue weighted by Gasteiger charge is -2.34. The zero-order chi connectivity index (χ0) is 19.9. The average Bonchev–Trinajstić information content (AvgIpc) is 2.66. The molecule has 2 amide bonds. The normalized spacial score (nSPS) is 18.1. The van der Waals surface area contributed by atoms with Crippen LogP contribution in [-0.4, -0.2) is 61.9 Å². The van der Waals surface area contributed by atoms with Crippen LogP contribution >= 0.6 is 0 Å². The summed E-state index contributed by atoms with van der Waals surface area (Å²) in [6.45, 7) is 2.33. The Labute approximate surface area is 160 Å². The number of nitrogens with zero attached hydrogens (tertiary/aromatic N) is 1. The van der Waals surface area contributed by atoms with Gasteiger partial charge < -0.3 is 15.7 Å². The summed E-state index contributed by atoms with van der Waals surface area (Å²) in [6, 6.07) is 6.56. The number of rotatable bonds is 7. The van der Waals surface area contributed by atoms with Gasteiger partial charge in [0.05, 0.1) is 11.5 Å². The van der Waals surface area contributed by atoms with E-state index in [2.05, 4.69) is 10.6 Å². The lowest BCUT2D eigenvalue weighted by Crippen LogP contribution is -2.46. The van der Waals surface area contributed by atoms with Crippen LogP contribution in [0.3, 0.4) is 0 Å². The third-order valence-electron chi connectivity index (χ3n) is 4.57. The molecule has 2 rings (SSSR count). The van der Waals surface area contributed by atoms with Gasteiger partial charge in [0.25, 0.3) is 0 Å². The fourth-order valence-corrected chi connectivity index (χ4v) is 4.83. The van der Waals surface area contributed by atoms with Crippen molar-refractivity contribution in [2.45, 2.75) is 43.5 Å². The van der Waals surface area contributed by atoms with Gasteiger partial charge in [-0.15, -0.1) is 0 Å². The second kappa shape index (κ2) is 9.82. The molecule has 0 saturated carbocycles. The molecule has 1 aromatic rings. The summed E-state index contributed by atoms with van der Waals surface area (Å²) in [4.78, 5) is 23.4. The number of nitrogens with one attached hydrogen (secondary N) is 2. The Kier molecular flexibility index (Phi) is 7.76. The fraction of sp³-hybridized carbons (Fsp3) is 0.556. The van der Waals surface area contributed by atoms with Crippen molar-refractivity contribution in [3.05, 3.63) is 29.8 Å². The van der Waals surface area contributed by atoms with Gasteiger partial charge in [-0.25, -0.2) is 8.42 Å². The highest BCUT2D eigenvalue weighted by atomic mass is 32.2. The maximum atomic E-state index is 13.0. The summed E-state index contributed by atoms with van der Waals surface area (Å²) in [5.41, 5.74) is 0.992. The number of amides is 2. The number of aryl methyl sites for hydroxylation is 1. The van der Waals surface area contributed by atoms with E-state index in [4.69, 9.17) is 5.11 Å². The largest absolute Gasteiger partial charge is 0.395 e. The molecule has 0 radical (unpaired) electrons. The first-order valence-electron chi connectivity index (χ1n) is 9.11. The number of aliphatic hydroxyl groups excluding tert-OH is 1. The Morgan fingerprint density at radius 2 is 1.74 bits per heavy atom. The molecule has 3 N–H and O–H groups in total. The maximum Gasteiger partial charge on any atom is 0.309 e. The number of aliphatic hydroxyl groups is 1. The molecule has 8 nitrogen and oxygen atoms in total. The van der Waals surface area contributed by atoms with Crippen molar-refractivity contribution in [1.82, 2.24) is 14.9 Å². The van der Waals surface area contributed by atoms with Gasteiger partial charge in [0.2, 0.25) is 10.0 Å². The number of benzene rings is 1. The monoisotopic (exact) mass is 397 g/mol. The van der Waals surface area contributed by atoms with Gasteiger partial charge in [-0.1, -0.05) is 24.1 Å². The molecule has 0 bridgehead atoms. The first kappa shape index (κ1) is 21.3. The predicted molar refractivity (Wildman–Crippen MR) is 100 cm³/mol. The molecule has 0 spiro atoms. The molecule has 9 heteroatoms. The number of hydrogen-bond acceptors (Lipinski definition) is 5. The van der Waals surface area contributed by atoms with Crippen LogP contribution in [0.25, 0.3) is 0 Å². The minimum atomic E-state index is -3.59. The predicted octanol–water partition coefficient (Wildman–Crippen LogP) is 0.153. The number of hydrogen-bond donors (Lipinski definition) is 3. The van der Waals surface area contributed by atoms with E-state index in [9.17, 15) is 18.0 Å². The average molecular weight is 397 g/mol. The lowest BCUT2D eigenvalue weighted by atomic mass is 10.0. The molecule has 1 fully saturated rings. The summed E-state index contributed by atoms with van der Waals surface area (Å²) >= 11 is 0. The highest BCUT2D eigenvalue weighted by Gasteiger charge is 2.33. The fourth-order valence-electron chi connectivity index (χ4n) is 3.11. The molecule has 1 saturated heterocycles. The van der Waals surface area contributed by atoms with E-state index >= 15 is 0 Å². The van der Waals surface area contributed by atoms with E-state index in [1.54, 1.807) is 24.3 Å². The molecule has 150 valence electrons. The van der Waals surface area contributed by atoms with Crippen LogP contribution in [-0.2, 0) is 19.6 Å². The van der Waals surface area contributed by atoms with E-state index in [1.807, 2.05) is 6.92 Å². The van der Waals surface area contributed by atoms with Crippen molar-refractivity contribution in [3.63, 3.8) is 0 Å². The summed E-state index contributed by atoms with van der Waals surface area (Å²) in [5, 5.41) is 13.4. The van der Waals surface area contributed by atoms with Crippen molar-refractivity contribution in [2.75, 3.05) is 26.2 Å². The lowest BCUT2D eigenvalue weighted by molar-refractivity contribution is -0.139. The first-order valence-corrected chi connectivity index (χ1v) is 10.6. The standard InChI is InChI=1S/C18H27N3O5S/c1-14-5-7-16(8-6-14)27(25,26)21-12-3-2-4-15(21)9-10-19-17(23)18(24)20-11-13-22/h5-8,15,22H,2-4,9-13H2,1H3,(H,19,23)(H,20,24). The van der Waals surface area contributed by atoms with Gasteiger partial charge in [0.1, 0.15) is 0 Å². The Hall–Kier alpha value is -1.97. The molecular weight excluding hydrogens is 370 g/mol. The van der Waals surface area contributed by atoms with Crippen molar-refractivity contribution in [1.29, 1.82) is 0 Å². The molecule has 1 atom stereocenters. The third-order valence-corrected chi connectivity index (χ3v) is 6.53. The van der Waals surface area contributed by atoms with Gasteiger partial charge in [0, 0.05) is 25.7 Å². The molecule has 1 aromatic carbocycles. The Morgan fingerprint density at radius 1 is 1.11 bits per heavy atom. The van der Waals surface area contributed by atoms with Crippen molar-refractivity contribution >= 4 is 21.8 Å². The number of sulfonamides is 1. The van der Waals surface area contributed by atoms with Crippen LogP contribution in [0, 0.1) is 6.92 Å². The highest BCUT2D eigenvalue weighted by molar-refractivity contribution is 7.89. The van der Waals surface area contributed by atoms with Crippen molar-refractivity contribution in [3.8, 4) is 0 Å². The molecule has 1 unspecified atom stereocenters. The number of carbonyl (C=O) groups is 2. The molecule has 1 heterocycles. The minimum Gasteiger partial charge on any atom is -0.395 e. The van der Waals surface area contributed by atoms with Gasteiger partial charge in [-0.3, -0.25) is 9.59 Å². The van der Waals surface area contributed by atoms with Crippen LogP contribution in [0.1, 0.15) is 31.2 Å². The SMILES string of the molecule is Cc1ccc(S(=O)(=O)N2CCCCC2CCNC(=O)C(=O)NCCO)cc1. The van der Waals surface area contributed by atoms with E-state index in [-0.39, 0.29) is 30.6 Å². The number of piperidine rings is 1.